The van der Waals surface area contributed by atoms with Gasteiger partial charge in [0, 0.05) is 37.8 Å². The highest BCUT2D eigenvalue weighted by Crippen LogP contribution is 2.27. The predicted molar refractivity (Wildman–Crippen MR) is 92.4 cm³/mol. The third-order valence-corrected chi connectivity index (χ3v) is 5.00. The molecule has 0 saturated carbocycles. The van der Waals surface area contributed by atoms with Crippen molar-refractivity contribution < 1.29 is 13.3 Å². The molecule has 0 amide bonds. The zero-order valence-corrected chi connectivity index (χ0v) is 14.8. The topological polar surface area (TPSA) is 119 Å². The van der Waals surface area contributed by atoms with Crippen LogP contribution in [0.5, 0.6) is 0 Å². The molecule has 0 unspecified atom stereocenters. The minimum absolute atomic E-state index is 0.121. The lowest BCUT2D eigenvalue weighted by Crippen LogP contribution is -2.40. The van der Waals surface area contributed by atoms with E-state index in [4.69, 9.17) is 5.14 Å². The third-order valence-electron chi connectivity index (χ3n) is 4.05. The smallest absolute Gasteiger partial charge is 0.270 e. The number of primary sulfonamides is 1. The summed E-state index contributed by atoms with van der Waals surface area (Å²) in [5, 5.41) is 19.2. The number of likely N-dealkylation sites (tertiary alicyclic amines) is 1. The van der Waals surface area contributed by atoms with E-state index in [9.17, 15) is 18.5 Å². The maximum atomic E-state index is 11.8. The van der Waals surface area contributed by atoms with Crippen LogP contribution in [-0.2, 0) is 10.0 Å². The molecule has 0 aromatic heterocycles. The number of nitrogens with zero attached hydrogens (tertiary/aromatic N) is 2. The molecular formula is C15H24N4O4S. The van der Waals surface area contributed by atoms with Crippen molar-refractivity contribution in [3.05, 3.63) is 28.3 Å². The molecule has 1 fully saturated rings. The fraction of sp³-hybridized carbons (Fsp3) is 0.600. The van der Waals surface area contributed by atoms with E-state index in [1.807, 2.05) is 0 Å². The van der Waals surface area contributed by atoms with Gasteiger partial charge < -0.3 is 10.2 Å². The average Bonchev–Trinajstić information content (AvgIpc) is 2.48. The zero-order chi connectivity index (χ0) is 17.9. The number of benzene rings is 1. The van der Waals surface area contributed by atoms with E-state index < -0.39 is 14.9 Å². The van der Waals surface area contributed by atoms with Crippen molar-refractivity contribution in [3.8, 4) is 0 Å². The van der Waals surface area contributed by atoms with Crippen molar-refractivity contribution in [1.29, 1.82) is 0 Å². The Labute approximate surface area is 142 Å². The summed E-state index contributed by atoms with van der Waals surface area (Å²) in [5.41, 5.74) is 0.0294. The second-order valence-electron chi connectivity index (χ2n) is 6.60. The van der Waals surface area contributed by atoms with Gasteiger partial charge in [-0.25, -0.2) is 13.6 Å². The van der Waals surface area contributed by atoms with Crippen LogP contribution >= 0.6 is 0 Å². The van der Waals surface area contributed by atoms with Gasteiger partial charge in [0.2, 0.25) is 10.0 Å². The van der Waals surface area contributed by atoms with Crippen LogP contribution in [0.25, 0.3) is 0 Å². The highest BCUT2D eigenvalue weighted by Gasteiger charge is 2.23. The SMILES string of the molecule is CC(C)CN1CCC(Nc2ccc([N+](=O)[O-])cc2S(N)(=O)=O)CC1. The molecule has 0 radical (unpaired) electrons. The molecule has 1 aromatic carbocycles. The van der Waals surface area contributed by atoms with E-state index in [0.717, 1.165) is 38.5 Å². The summed E-state index contributed by atoms with van der Waals surface area (Å²) in [5.74, 6) is 0.609. The zero-order valence-electron chi connectivity index (χ0n) is 13.9. The standard InChI is InChI=1S/C15H24N4O4S/c1-11(2)10-18-7-5-12(6-8-18)17-14-4-3-13(19(20)21)9-15(14)24(16,22)23/h3-4,9,11-12,17H,5-8,10H2,1-2H3,(H2,16,22,23). The fourth-order valence-corrected chi connectivity index (χ4v) is 3.69. The summed E-state index contributed by atoms with van der Waals surface area (Å²) < 4.78 is 23.5. The number of nitrogens with two attached hydrogens (primary N) is 1. The van der Waals surface area contributed by atoms with E-state index in [-0.39, 0.29) is 16.6 Å². The summed E-state index contributed by atoms with van der Waals surface area (Å²) in [4.78, 5) is 12.4. The number of hydrogen-bond acceptors (Lipinski definition) is 6. The first kappa shape index (κ1) is 18.6. The van der Waals surface area contributed by atoms with Crippen molar-refractivity contribution in [2.24, 2.45) is 11.1 Å². The number of rotatable bonds is 6. The van der Waals surface area contributed by atoms with E-state index >= 15 is 0 Å². The molecule has 3 N–H and O–H groups in total. The van der Waals surface area contributed by atoms with Crippen LogP contribution in [0.15, 0.2) is 23.1 Å². The first-order chi connectivity index (χ1) is 11.2. The first-order valence-electron chi connectivity index (χ1n) is 7.97. The molecule has 1 aliphatic heterocycles. The molecule has 0 atom stereocenters. The van der Waals surface area contributed by atoms with Gasteiger partial charge >= 0.3 is 0 Å². The van der Waals surface area contributed by atoms with Crippen LogP contribution < -0.4 is 10.5 Å². The van der Waals surface area contributed by atoms with Crippen molar-refractivity contribution >= 4 is 21.4 Å². The Balaban J connectivity index is 2.12. The van der Waals surface area contributed by atoms with E-state index in [0.29, 0.717) is 11.6 Å². The number of piperidine rings is 1. The molecule has 0 spiro atoms. The van der Waals surface area contributed by atoms with Gasteiger partial charge in [-0.15, -0.1) is 0 Å². The lowest BCUT2D eigenvalue weighted by atomic mass is 10.0. The van der Waals surface area contributed by atoms with E-state index in [2.05, 4.69) is 24.1 Å². The molecule has 1 aromatic rings. The highest BCUT2D eigenvalue weighted by molar-refractivity contribution is 7.89. The first-order valence-corrected chi connectivity index (χ1v) is 9.51. The molecule has 1 heterocycles. The third kappa shape index (κ3) is 4.89. The fourth-order valence-electron chi connectivity index (χ4n) is 2.98. The van der Waals surface area contributed by atoms with Crippen LogP contribution in [0.2, 0.25) is 0 Å². The maximum absolute atomic E-state index is 11.8. The molecule has 0 aliphatic carbocycles. The second-order valence-corrected chi connectivity index (χ2v) is 8.13. The Kier molecular flexibility index (Phi) is 5.79. The van der Waals surface area contributed by atoms with Gasteiger partial charge in [0.05, 0.1) is 10.6 Å². The van der Waals surface area contributed by atoms with Crippen LogP contribution in [-0.4, -0.2) is 43.9 Å². The van der Waals surface area contributed by atoms with Crippen LogP contribution in [0.3, 0.4) is 0 Å². The van der Waals surface area contributed by atoms with Crippen LogP contribution in [0.4, 0.5) is 11.4 Å². The number of hydrogen-bond donors (Lipinski definition) is 2. The number of nitrogens with one attached hydrogen (secondary N) is 1. The Bertz CT molecular complexity index is 697. The number of anilines is 1. The van der Waals surface area contributed by atoms with Crippen molar-refractivity contribution in [2.75, 3.05) is 25.0 Å². The number of nitro benzene ring substituents is 1. The second kappa shape index (κ2) is 7.45. The molecule has 8 nitrogen and oxygen atoms in total. The van der Waals surface area contributed by atoms with Gasteiger partial charge in [0.15, 0.2) is 0 Å². The summed E-state index contributed by atoms with van der Waals surface area (Å²) >= 11 is 0. The molecule has 0 bridgehead atoms. The van der Waals surface area contributed by atoms with Crippen molar-refractivity contribution in [1.82, 2.24) is 4.90 Å². The van der Waals surface area contributed by atoms with Crippen molar-refractivity contribution in [2.45, 2.75) is 37.6 Å². The molecule has 9 heteroatoms. The lowest BCUT2D eigenvalue weighted by molar-refractivity contribution is -0.385. The molecule has 134 valence electrons. The highest BCUT2D eigenvalue weighted by atomic mass is 32.2. The quantitative estimate of drug-likeness (QED) is 0.592. The van der Waals surface area contributed by atoms with Gasteiger partial charge in [-0.2, -0.15) is 0 Å². The van der Waals surface area contributed by atoms with Gasteiger partial charge in [-0.3, -0.25) is 10.1 Å². The van der Waals surface area contributed by atoms with Crippen LogP contribution in [0, 0.1) is 16.0 Å². The van der Waals surface area contributed by atoms with Crippen LogP contribution in [0.1, 0.15) is 26.7 Å². The summed E-state index contributed by atoms with van der Waals surface area (Å²) in [7, 11) is -4.04. The maximum Gasteiger partial charge on any atom is 0.270 e. The Morgan fingerprint density at radius 2 is 2.00 bits per heavy atom. The van der Waals surface area contributed by atoms with E-state index in [1.165, 1.54) is 12.1 Å². The van der Waals surface area contributed by atoms with E-state index in [1.54, 1.807) is 0 Å². The molecule has 2 rings (SSSR count). The van der Waals surface area contributed by atoms with Gasteiger partial charge in [-0.05, 0) is 24.8 Å². The number of sulfonamides is 1. The largest absolute Gasteiger partial charge is 0.381 e. The molecular weight excluding hydrogens is 332 g/mol. The summed E-state index contributed by atoms with van der Waals surface area (Å²) in [6.07, 6.45) is 1.77. The van der Waals surface area contributed by atoms with Gasteiger partial charge in [-0.1, -0.05) is 13.8 Å². The monoisotopic (exact) mass is 356 g/mol. The Hall–Kier alpha value is -1.71. The van der Waals surface area contributed by atoms with Gasteiger partial charge in [0.1, 0.15) is 4.90 Å². The molecule has 1 aliphatic rings. The normalized spacial score (nSPS) is 17.2. The number of nitro groups is 1. The number of non-ortho nitro benzene ring substituents is 1. The van der Waals surface area contributed by atoms with Crippen molar-refractivity contribution in [3.63, 3.8) is 0 Å². The lowest BCUT2D eigenvalue weighted by Gasteiger charge is -2.34. The minimum atomic E-state index is -4.04. The van der Waals surface area contributed by atoms with Gasteiger partial charge in [0.25, 0.3) is 5.69 Å². The molecule has 24 heavy (non-hydrogen) atoms. The summed E-state index contributed by atoms with van der Waals surface area (Å²) in [6.45, 7) is 7.28. The summed E-state index contributed by atoms with van der Waals surface area (Å²) in [6, 6.07) is 3.82. The minimum Gasteiger partial charge on any atom is -0.381 e. The Morgan fingerprint density at radius 3 is 2.50 bits per heavy atom. The molecule has 1 saturated heterocycles. The predicted octanol–water partition coefficient (Wildman–Crippen LogP) is 1.77. The average molecular weight is 356 g/mol. The Morgan fingerprint density at radius 1 is 1.38 bits per heavy atom.